The predicted molar refractivity (Wildman–Crippen MR) is 82.2 cm³/mol. The Morgan fingerprint density at radius 1 is 1.10 bits per heavy atom. The van der Waals surface area contributed by atoms with Crippen molar-refractivity contribution in [2.75, 3.05) is 6.54 Å². The molecular weight excluding hydrogens is 266 g/mol. The van der Waals surface area contributed by atoms with Crippen LogP contribution >= 0.6 is 0 Å². The first-order valence-corrected chi connectivity index (χ1v) is 8.24. The van der Waals surface area contributed by atoms with E-state index in [4.69, 9.17) is 11.5 Å². The topological polar surface area (TPSA) is 89.4 Å². The van der Waals surface area contributed by atoms with Crippen LogP contribution in [-0.4, -0.2) is 35.3 Å². The second kappa shape index (κ2) is 6.77. The lowest BCUT2D eigenvalue weighted by atomic mass is 9.72. The molecule has 0 aliphatic heterocycles. The molecule has 21 heavy (non-hydrogen) atoms. The number of hydrogen-bond donors (Lipinski definition) is 2. The molecule has 4 unspecified atom stereocenters. The molecule has 0 aromatic carbocycles. The summed E-state index contributed by atoms with van der Waals surface area (Å²) in [6.07, 6.45) is 5.94. The standard InChI is InChI=1S/C16H29N3O2/c1-10-7-11(2)14(17)8-13(10)16(21)19(9-15(18)20)12-5-3-4-6-12/h10-14H,3-9,17H2,1-2H3,(H2,18,20). The van der Waals surface area contributed by atoms with Gasteiger partial charge >= 0.3 is 0 Å². The number of hydrogen-bond acceptors (Lipinski definition) is 3. The molecule has 2 saturated carbocycles. The molecule has 0 heterocycles. The van der Waals surface area contributed by atoms with E-state index < -0.39 is 5.91 Å². The third-order valence-electron chi connectivity index (χ3n) is 5.38. The van der Waals surface area contributed by atoms with Crippen molar-refractivity contribution in [1.82, 2.24) is 4.90 Å². The zero-order valence-corrected chi connectivity index (χ0v) is 13.3. The van der Waals surface area contributed by atoms with E-state index in [1.165, 1.54) is 0 Å². The Hall–Kier alpha value is -1.10. The van der Waals surface area contributed by atoms with Gasteiger partial charge in [0.2, 0.25) is 11.8 Å². The number of carbonyl (C=O) groups excluding carboxylic acids is 2. The van der Waals surface area contributed by atoms with Gasteiger partial charge in [-0.15, -0.1) is 0 Å². The van der Waals surface area contributed by atoms with Crippen molar-refractivity contribution < 1.29 is 9.59 Å². The average Bonchev–Trinajstić information content (AvgIpc) is 2.93. The number of nitrogens with zero attached hydrogens (tertiary/aromatic N) is 1. The SMILES string of the molecule is CC1CC(C)C(C(=O)N(CC(N)=O)C2CCCC2)CC1N. The highest BCUT2D eigenvalue weighted by atomic mass is 16.2. The van der Waals surface area contributed by atoms with Gasteiger partial charge in [0.05, 0.1) is 6.54 Å². The second-order valence-corrected chi connectivity index (χ2v) is 7.07. The second-order valence-electron chi connectivity index (χ2n) is 7.07. The van der Waals surface area contributed by atoms with Crippen molar-refractivity contribution in [3.8, 4) is 0 Å². The molecule has 5 heteroatoms. The van der Waals surface area contributed by atoms with Crippen LogP contribution in [-0.2, 0) is 9.59 Å². The van der Waals surface area contributed by atoms with Crippen molar-refractivity contribution >= 4 is 11.8 Å². The van der Waals surface area contributed by atoms with Crippen LogP contribution in [0, 0.1) is 17.8 Å². The Labute approximate surface area is 127 Å². The summed E-state index contributed by atoms with van der Waals surface area (Å²) in [7, 11) is 0. The van der Waals surface area contributed by atoms with Crippen molar-refractivity contribution in [2.24, 2.45) is 29.2 Å². The highest BCUT2D eigenvalue weighted by Crippen LogP contribution is 2.35. The van der Waals surface area contributed by atoms with Gasteiger partial charge in [-0.05, 0) is 37.5 Å². The van der Waals surface area contributed by atoms with Crippen LogP contribution in [0.25, 0.3) is 0 Å². The summed E-state index contributed by atoms with van der Waals surface area (Å²) < 4.78 is 0. The minimum Gasteiger partial charge on any atom is -0.368 e. The van der Waals surface area contributed by atoms with E-state index in [0.717, 1.165) is 38.5 Å². The summed E-state index contributed by atoms with van der Waals surface area (Å²) >= 11 is 0. The Morgan fingerprint density at radius 3 is 2.29 bits per heavy atom. The molecule has 5 nitrogen and oxygen atoms in total. The first-order chi connectivity index (χ1) is 9.90. The van der Waals surface area contributed by atoms with Gasteiger partial charge in [0.1, 0.15) is 0 Å². The van der Waals surface area contributed by atoms with E-state index in [0.29, 0.717) is 11.8 Å². The maximum absolute atomic E-state index is 12.9. The fourth-order valence-electron chi connectivity index (χ4n) is 4.01. The molecule has 0 spiro atoms. The maximum atomic E-state index is 12.9. The smallest absolute Gasteiger partial charge is 0.237 e. The van der Waals surface area contributed by atoms with E-state index >= 15 is 0 Å². The van der Waals surface area contributed by atoms with E-state index in [-0.39, 0.29) is 30.5 Å². The summed E-state index contributed by atoms with van der Waals surface area (Å²) in [5.74, 6) is 0.396. The molecule has 2 aliphatic rings. The van der Waals surface area contributed by atoms with Crippen molar-refractivity contribution in [2.45, 2.75) is 64.5 Å². The van der Waals surface area contributed by atoms with E-state index in [9.17, 15) is 9.59 Å². The molecule has 0 saturated heterocycles. The van der Waals surface area contributed by atoms with Gasteiger partial charge in [0.15, 0.2) is 0 Å². The van der Waals surface area contributed by atoms with Gasteiger partial charge in [-0.2, -0.15) is 0 Å². The Morgan fingerprint density at radius 2 is 1.71 bits per heavy atom. The molecule has 4 atom stereocenters. The van der Waals surface area contributed by atoms with Crippen LogP contribution in [0.2, 0.25) is 0 Å². The lowest BCUT2D eigenvalue weighted by Gasteiger charge is -2.40. The third-order valence-corrected chi connectivity index (χ3v) is 5.38. The van der Waals surface area contributed by atoms with Gasteiger partial charge < -0.3 is 16.4 Å². The summed E-state index contributed by atoms with van der Waals surface area (Å²) in [6, 6.07) is 0.266. The Kier molecular flexibility index (Phi) is 5.25. The van der Waals surface area contributed by atoms with E-state index in [1.54, 1.807) is 4.90 Å². The average molecular weight is 295 g/mol. The third kappa shape index (κ3) is 3.76. The number of primary amides is 1. The van der Waals surface area contributed by atoms with Crippen molar-refractivity contribution in [1.29, 1.82) is 0 Å². The van der Waals surface area contributed by atoms with Crippen LogP contribution in [0.1, 0.15) is 52.4 Å². The van der Waals surface area contributed by atoms with Crippen molar-refractivity contribution in [3.05, 3.63) is 0 Å². The predicted octanol–water partition coefficient (Wildman–Crippen LogP) is 1.25. The molecule has 4 N–H and O–H groups in total. The minimum atomic E-state index is -0.420. The van der Waals surface area contributed by atoms with Crippen LogP contribution in [0.3, 0.4) is 0 Å². The molecule has 2 fully saturated rings. The van der Waals surface area contributed by atoms with E-state index in [2.05, 4.69) is 13.8 Å². The quantitative estimate of drug-likeness (QED) is 0.818. The largest absolute Gasteiger partial charge is 0.368 e. The molecular formula is C16H29N3O2. The van der Waals surface area contributed by atoms with Gasteiger partial charge in [-0.3, -0.25) is 9.59 Å². The number of carbonyl (C=O) groups is 2. The molecule has 2 rings (SSSR count). The van der Waals surface area contributed by atoms with Crippen LogP contribution in [0.5, 0.6) is 0 Å². The Balaban J connectivity index is 2.11. The zero-order valence-electron chi connectivity index (χ0n) is 13.3. The minimum absolute atomic E-state index is 0.0531. The number of rotatable bonds is 4. The van der Waals surface area contributed by atoms with Crippen LogP contribution in [0.15, 0.2) is 0 Å². The van der Waals surface area contributed by atoms with Gasteiger partial charge in [-0.25, -0.2) is 0 Å². The molecule has 2 aliphatic carbocycles. The summed E-state index contributed by atoms with van der Waals surface area (Å²) in [5.41, 5.74) is 11.5. The van der Waals surface area contributed by atoms with Crippen molar-refractivity contribution in [3.63, 3.8) is 0 Å². The first-order valence-electron chi connectivity index (χ1n) is 8.24. The van der Waals surface area contributed by atoms with Gasteiger partial charge in [0, 0.05) is 18.0 Å². The fraction of sp³-hybridized carbons (Fsp3) is 0.875. The summed E-state index contributed by atoms with van der Waals surface area (Å²) in [6.45, 7) is 4.33. The zero-order chi connectivity index (χ0) is 15.6. The summed E-state index contributed by atoms with van der Waals surface area (Å²) in [5, 5.41) is 0. The Bertz CT molecular complexity index is 393. The van der Waals surface area contributed by atoms with Crippen LogP contribution < -0.4 is 11.5 Å². The normalized spacial score (nSPS) is 33.9. The molecule has 0 aromatic heterocycles. The van der Waals surface area contributed by atoms with Crippen LogP contribution in [0.4, 0.5) is 0 Å². The monoisotopic (exact) mass is 295 g/mol. The van der Waals surface area contributed by atoms with Gasteiger partial charge in [0.25, 0.3) is 0 Å². The molecule has 2 amide bonds. The number of nitrogens with two attached hydrogens (primary N) is 2. The fourth-order valence-corrected chi connectivity index (χ4v) is 4.01. The maximum Gasteiger partial charge on any atom is 0.237 e. The van der Waals surface area contributed by atoms with Gasteiger partial charge in [-0.1, -0.05) is 26.7 Å². The van der Waals surface area contributed by atoms with E-state index in [1.807, 2.05) is 0 Å². The molecule has 0 radical (unpaired) electrons. The highest BCUT2D eigenvalue weighted by molar-refractivity contribution is 5.85. The number of amides is 2. The lowest BCUT2D eigenvalue weighted by molar-refractivity contribution is -0.144. The first kappa shape index (κ1) is 16.3. The highest BCUT2D eigenvalue weighted by Gasteiger charge is 2.39. The summed E-state index contributed by atoms with van der Waals surface area (Å²) in [4.78, 5) is 26.1. The molecule has 120 valence electrons. The lowest BCUT2D eigenvalue weighted by Crippen LogP contribution is -2.51. The molecule has 0 aromatic rings. The molecule has 0 bridgehead atoms.